The summed E-state index contributed by atoms with van der Waals surface area (Å²) < 4.78 is 39.1. The molecule has 1 rings (SSSR count). The average molecular weight is 306 g/mol. The van der Waals surface area contributed by atoms with Gasteiger partial charge in [-0.2, -0.15) is 0 Å². The summed E-state index contributed by atoms with van der Waals surface area (Å²) in [5.41, 5.74) is -0.992. The van der Waals surface area contributed by atoms with Crippen LogP contribution in [0.4, 0.5) is 23.7 Å². The molecule has 0 aliphatic heterocycles. The molecular weight excluding hydrogens is 297 g/mol. The third kappa shape index (κ3) is 4.67. The van der Waals surface area contributed by atoms with Crippen molar-refractivity contribution in [2.24, 2.45) is 0 Å². The van der Waals surface area contributed by atoms with Gasteiger partial charge in [0.2, 0.25) is 0 Å². The van der Waals surface area contributed by atoms with E-state index >= 15 is 0 Å². The van der Waals surface area contributed by atoms with E-state index < -0.39 is 53.6 Å². The van der Waals surface area contributed by atoms with Crippen LogP contribution in [-0.4, -0.2) is 34.2 Å². The first-order valence-electron chi connectivity index (χ1n) is 5.37. The Balaban J connectivity index is 2.82. The van der Waals surface area contributed by atoms with E-state index in [1.54, 1.807) is 10.6 Å². The van der Waals surface area contributed by atoms with Gasteiger partial charge in [-0.05, 0) is 0 Å². The van der Waals surface area contributed by atoms with Gasteiger partial charge in [0.1, 0.15) is 17.5 Å². The highest BCUT2D eigenvalue weighted by molar-refractivity contribution is 5.93. The number of hydrogen-bond acceptors (Lipinski definition) is 3. The fraction of sp³-hybridized carbons (Fsp3) is 0.182. The summed E-state index contributed by atoms with van der Waals surface area (Å²) in [4.78, 5) is 32.5. The number of rotatable bonds is 5. The second kappa shape index (κ2) is 6.59. The number of urea groups is 1. The first-order chi connectivity index (χ1) is 9.70. The molecule has 114 valence electrons. The molecule has 4 N–H and O–H groups in total. The van der Waals surface area contributed by atoms with E-state index in [1.165, 1.54) is 0 Å². The Kier molecular flexibility index (Phi) is 5.11. The van der Waals surface area contributed by atoms with E-state index in [2.05, 4.69) is 0 Å². The number of benzene rings is 1. The highest BCUT2D eigenvalue weighted by atomic mass is 19.1. The summed E-state index contributed by atoms with van der Waals surface area (Å²) in [6.45, 7) is 0. The van der Waals surface area contributed by atoms with Crippen LogP contribution in [0.2, 0.25) is 0 Å². The highest BCUT2D eigenvalue weighted by Crippen LogP contribution is 2.19. The summed E-state index contributed by atoms with van der Waals surface area (Å²) in [7, 11) is 0. The minimum atomic E-state index is -1.80. The maximum absolute atomic E-state index is 13.2. The number of anilines is 1. The second-order valence-electron chi connectivity index (χ2n) is 3.83. The Morgan fingerprint density at radius 1 is 1.10 bits per heavy atom. The molecule has 0 spiro atoms. The molecule has 2 amide bonds. The standard InChI is InChI=1S/C11H9F3N2O5/c12-4-1-5(13)9(6(14)2-4)16-11(21)15-7(10(19)20)3-8(17)18/h1-2,7H,3H2,(H,17,18)(H,19,20)(H2,15,16,21)/t7-/m0/s1. The lowest BCUT2D eigenvalue weighted by Crippen LogP contribution is -2.44. The molecule has 0 unspecified atom stereocenters. The predicted octanol–water partition coefficient (Wildman–Crippen LogP) is 1.15. The Hall–Kier alpha value is -2.78. The normalized spacial score (nSPS) is 11.6. The fourth-order valence-corrected chi connectivity index (χ4v) is 1.34. The molecule has 0 saturated heterocycles. The molecule has 0 aromatic heterocycles. The third-order valence-electron chi connectivity index (χ3n) is 2.23. The topological polar surface area (TPSA) is 116 Å². The van der Waals surface area contributed by atoms with Gasteiger partial charge in [0.15, 0.2) is 11.6 Å². The summed E-state index contributed by atoms with van der Waals surface area (Å²) in [5.74, 6) is -7.17. The molecule has 0 aliphatic rings. The van der Waals surface area contributed by atoms with E-state index in [4.69, 9.17) is 10.2 Å². The van der Waals surface area contributed by atoms with E-state index in [0.29, 0.717) is 12.1 Å². The maximum Gasteiger partial charge on any atom is 0.326 e. The SMILES string of the molecule is O=C(O)C[C@H](NC(=O)Nc1c(F)cc(F)cc1F)C(=O)O. The van der Waals surface area contributed by atoms with Crippen molar-refractivity contribution in [3.05, 3.63) is 29.6 Å². The molecule has 0 bridgehead atoms. The molecular formula is C11H9F3N2O5. The molecule has 0 radical (unpaired) electrons. The molecule has 0 saturated carbocycles. The summed E-state index contributed by atoms with van der Waals surface area (Å²) in [6, 6.07) is -2.53. The zero-order valence-electron chi connectivity index (χ0n) is 10.2. The van der Waals surface area contributed by atoms with Gasteiger partial charge in [0.25, 0.3) is 0 Å². The summed E-state index contributed by atoms with van der Waals surface area (Å²) >= 11 is 0. The van der Waals surface area contributed by atoms with Crippen molar-refractivity contribution in [3.8, 4) is 0 Å². The average Bonchev–Trinajstić information content (AvgIpc) is 2.32. The van der Waals surface area contributed by atoms with Crippen molar-refractivity contribution >= 4 is 23.7 Å². The molecule has 21 heavy (non-hydrogen) atoms. The summed E-state index contributed by atoms with van der Waals surface area (Å²) in [6.07, 6.45) is -0.933. The van der Waals surface area contributed by atoms with Gasteiger partial charge in [-0.1, -0.05) is 0 Å². The molecule has 10 heteroatoms. The van der Waals surface area contributed by atoms with E-state index in [0.717, 1.165) is 0 Å². The Morgan fingerprint density at radius 2 is 1.62 bits per heavy atom. The van der Waals surface area contributed by atoms with Crippen LogP contribution in [0, 0.1) is 17.5 Å². The van der Waals surface area contributed by atoms with E-state index in [1.807, 2.05) is 0 Å². The monoisotopic (exact) mass is 306 g/mol. The van der Waals surface area contributed by atoms with Crippen molar-refractivity contribution in [2.45, 2.75) is 12.5 Å². The lowest BCUT2D eigenvalue weighted by Gasteiger charge is -2.14. The van der Waals surface area contributed by atoms with Gasteiger partial charge in [0, 0.05) is 12.1 Å². The Morgan fingerprint density at radius 3 is 2.05 bits per heavy atom. The van der Waals surface area contributed by atoms with Gasteiger partial charge in [-0.15, -0.1) is 0 Å². The van der Waals surface area contributed by atoms with Crippen LogP contribution in [-0.2, 0) is 9.59 Å². The molecule has 0 fully saturated rings. The first-order valence-corrected chi connectivity index (χ1v) is 5.37. The van der Waals surface area contributed by atoms with Crippen LogP contribution in [0.25, 0.3) is 0 Å². The maximum atomic E-state index is 13.2. The van der Waals surface area contributed by atoms with Crippen LogP contribution in [0.1, 0.15) is 6.42 Å². The quantitative estimate of drug-likeness (QED) is 0.651. The van der Waals surface area contributed by atoms with Crippen LogP contribution < -0.4 is 10.6 Å². The number of nitrogens with one attached hydrogen (secondary N) is 2. The predicted molar refractivity (Wildman–Crippen MR) is 62.1 cm³/mol. The van der Waals surface area contributed by atoms with E-state index in [9.17, 15) is 27.6 Å². The lowest BCUT2D eigenvalue weighted by atomic mass is 10.2. The number of carboxylic acid groups (broad SMARTS) is 2. The minimum absolute atomic E-state index is 0.310. The van der Waals surface area contributed by atoms with Gasteiger partial charge in [-0.3, -0.25) is 4.79 Å². The first kappa shape index (κ1) is 16.3. The van der Waals surface area contributed by atoms with Gasteiger partial charge < -0.3 is 20.8 Å². The summed E-state index contributed by atoms with van der Waals surface area (Å²) in [5, 5.41) is 20.5. The molecule has 0 heterocycles. The number of carbonyl (C=O) groups is 3. The zero-order chi connectivity index (χ0) is 16.2. The number of aliphatic carboxylic acids is 2. The van der Waals surface area contributed by atoms with Crippen molar-refractivity contribution in [1.82, 2.24) is 5.32 Å². The van der Waals surface area contributed by atoms with Crippen molar-refractivity contribution < 1.29 is 37.8 Å². The van der Waals surface area contributed by atoms with Crippen molar-refractivity contribution in [1.29, 1.82) is 0 Å². The zero-order valence-corrected chi connectivity index (χ0v) is 10.2. The number of carboxylic acids is 2. The molecule has 7 nitrogen and oxygen atoms in total. The number of hydrogen-bond donors (Lipinski definition) is 4. The molecule has 1 aromatic rings. The smallest absolute Gasteiger partial charge is 0.326 e. The van der Waals surface area contributed by atoms with Crippen LogP contribution >= 0.6 is 0 Å². The largest absolute Gasteiger partial charge is 0.481 e. The molecule has 1 atom stereocenters. The Bertz CT molecular complexity index is 570. The lowest BCUT2D eigenvalue weighted by molar-refractivity contribution is -0.145. The van der Waals surface area contributed by atoms with Gasteiger partial charge in [0.05, 0.1) is 6.42 Å². The minimum Gasteiger partial charge on any atom is -0.481 e. The van der Waals surface area contributed by atoms with Crippen LogP contribution in [0.5, 0.6) is 0 Å². The number of amides is 2. The fourth-order valence-electron chi connectivity index (χ4n) is 1.34. The molecule has 0 aliphatic carbocycles. The van der Waals surface area contributed by atoms with Gasteiger partial charge >= 0.3 is 18.0 Å². The third-order valence-corrected chi connectivity index (χ3v) is 2.23. The van der Waals surface area contributed by atoms with Crippen LogP contribution in [0.15, 0.2) is 12.1 Å². The second-order valence-corrected chi connectivity index (χ2v) is 3.83. The van der Waals surface area contributed by atoms with Gasteiger partial charge in [-0.25, -0.2) is 22.8 Å². The number of carbonyl (C=O) groups excluding carboxylic acids is 1. The van der Waals surface area contributed by atoms with E-state index in [-0.39, 0.29) is 0 Å². The van der Waals surface area contributed by atoms with Crippen molar-refractivity contribution in [2.75, 3.05) is 5.32 Å². The highest BCUT2D eigenvalue weighted by Gasteiger charge is 2.24. The van der Waals surface area contributed by atoms with Crippen molar-refractivity contribution in [3.63, 3.8) is 0 Å². The van der Waals surface area contributed by atoms with Crippen LogP contribution in [0.3, 0.4) is 0 Å². The number of halogens is 3. The molecule has 1 aromatic carbocycles. The Labute approximate surface area is 115 Å².